The van der Waals surface area contributed by atoms with Crippen molar-refractivity contribution >= 4 is 0 Å². The van der Waals surface area contributed by atoms with Gasteiger partial charge in [0.15, 0.2) is 0 Å². The van der Waals surface area contributed by atoms with Gasteiger partial charge in [-0.25, -0.2) is 0 Å². The molecule has 0 spiro atoms. The Kier molecular flexibility index (Phi) is 1.68. The summed E-state index contributed by atoms with van der Waals surface area (Å²) in [6, 6.07) is 8.79. The average molecular weight is 212 g/mol. The van der Waals surface area contributed by atoms with Crippen molar-refractivity contribution in [3.8, 4) is 0 Å². The maximum atomic E-state index is 6.20. The average Bonchev–Trinajstić information content (AvgIpc) is 2.85. The first-order valence-corrected chi connectivity index (χ1v) is 6.24. The topological polar surface area (TPSA) is 9.23 Å². The molecule has 0 unspecified atom stereocenters. The summed E-state index contributed by atoms with van der Waals surface area (Å²) in [6.07, 6.45) is 5.63. The van der Waals surface area contributed by atoms with Crippen LogP contribution in [0.25, 0.3) is 0 Å². The number of fused-ring (bicyclic) bond motifs is 8. The summed E-state index contributed by atoms with van der Waals surface area (Å²) in [6.45, 7) is 2.26. The highest BCUT2D eigenvalue weighted by Gasteiger charge is 2.52. The summed E-state index contributed by atoms with van der Waals surface area (Å²) in [7, 11) is 0. The van der Waals surface area contributed by atoms with Gasteiger partial charge in [-0.3, -0.25) is 0 Å². The normalized spacial score (nSPS) is 39.2. The standard InChI is InChI=1S/C15H16O/c1-9-6-7-12-13(8-9)15-11-5-3-2-4-10(11)14(12)16-15/h2-6,12-15H,7-8H2,1H3/t12-,13+,14+,15+/m1/s1. The first kappa shape index (κ1) is 9.00. The van der Waals surface area contributed by atoms with E-state index in [0.29, 0.717) is 12.2 Å². The van der Waals surface area contributed by atoms with Crippen molar-refractivity contribution in [2.24, 2.45) is 11.8 Å². The monoisotopic (exact) mass is 212 g/mol. The summed E-state index contributed by atoms with van der Waals surface area (Å²) in [5.74, 6) is 1.48. The van der Waals surface area contributed by atoms with Gasteiger partial charge in [0.25, 0.3) is 0 Å². The van der Waals surface area contributed by atoms with E-state index in [4.69, 9.17) is 4.74 Å². The van der Waals surface area contributed by atoms with Crippen LogP contribution in [0, 0.1) is 11.8 Å². The van der Waals surface area contributed by atoms with Crippen LogP contribution in [0.4, 0.5) is 0 Å². The first-order chi connectivity index (χ1) is 7.84. The molecular weight excluding hydrogens is 196 g/mol. The lowest BCUT2D eigenvalue weighted by molar-refractivity contribution is 0.0546. The summed E-state index contributed by atoms with van der Waals surface area (Å²) in [5.41, 5.74) is 4.47. The van der Waals surface area contributed by atoms with Gasteiger partial charge in [0.2, 0.25) is 0 Å². The molecule has 1 fully saturated rings. The summed E-state index contributed by atoms with van der Waals surface area (Å²) in [4.78, 5) is 0. The van der Waals surface area contributed by atoms with Crippen molar-refractivity contribution in [1.82, 2.24) is 0 Å². The molecule has 3 aliphatic rings. The number of hydrogen-bond donors (Lipinski definition) is 0. The number of rotatable bonds is 0. The van der Waals surface area contributed by atoms with Crippen LogP contribution in [-0.4, -0.2) is 0 Å². The highest BCUT2D eigenvalue weighted by Crippen LogP contribution is 2.60. The fourth-order valence-corrected chi connectivity index (χ4v) is 3.79. The van der Waals surface area contributed by atoms with Crippen LogP contribution in [0.1, 0.15) is 43.1 Å². The maximum absolute atomic E-state index is 6.20. The lowest BCUT2D eigenvalue weighted by atomic mass is 9.69. The van der Waals surface area contributed by atoms with E-state index < -0.39 is 0 Å². The van der Waals surface area contributed by atoms with Crippen molar-refractivity contribution in [2.45, 2.75) is 32.0 Å². The number of allylic oxidation sites excluding steroid dienone is 2. The molecule has 4 rings (SSSR count). The SMILES string of the molecule is CC1=CC[C@@H]2[C@H](C1)[C@H]1O[C@H]2c2ccccc21. The zero-order valence-corrected chi connectivity index (χ0v) is 9.52. The van der Waals surface area contributed by atoms with E-state index in [1.807, 2.05) is 0 Å². The van der Waals surface area contributed by atoms with Crippen molar-refractivity contribution in [3.63, 3.8) is 0 Å². The molecule has 2 heterocycles. The van der Waals surface area contributed by atoms with Crippen LogP contribution >= 0.6 is 0 Å². The van der Waals surface area contributed by atoms with Crippen LogP contribution in [0.15, 0.2) is 35.9 Å². The zero-order chi connectivity index (χ0) is 10.7. The minimum atomic E-state index is 0.384. The van der Waals surface area contributed by atoms with Gasteiger partial charge >= 0.3 is 0 Å². The van der Waals surface area contributed by atoms with Gasteiger partial charge in [-0.2, -0.15) is 0 Å². The fourth-order valence-electron chi connectivity index (χ4n) is 3.79. The molecule has 1 aromatic rings. The van der Waals surface area contributed by atoms with Gasteiger partial charge in [-0.05, 0) is 42.7 Å². The fraction of sp³-hybridized carbons (Fsp3) is 0.467. The molecular formula is C15H16O. The Bertz CT molecular complexity index is 474. The Morgan fingerprint density at radius 3 is 2.50 bits per heavy atom. The van der Waals surface area contributed by atoms with Gasteiger partial charge in [0.1, 0.15) is 0 Å². The molecule has 82 valence electrons. The van der Waals surface area contributed by atoms with E-state index in [2.05, 4.69) is 37.3 Å². The third-order valence-electron chi connectivity index (χ3n) is 4.53. The Morgan fingerprint density at radius 2 is 1.75 bits per heavy atom. The highest BCUT2D eigenvalue weighted by atomic mass is 16.5. The molecule has 0 saturated carbocycles. The Morgan fingerprint density at radius 1 is 1.06 bits per heavy atom. The van der Waals surface area contributed by atoms with Gasteiger partial charge in [0, 0.05) is 0 Å². The molecule has 1 saturated heterocycles. The summed E-state index contributed by atoms with van der Waals surface area (Å²) < 4.78 is 6.20. The van der Waals surface area contributed by atoms with Gasteiger partial charge in [0.05, 0.1) is 12.2 Å². The van der Waals surface area contributed by atoms with E-state index in [1.54, 1.807) is 5.57 Å². The Hall–Kier alpha value is -1.08. The van der Waals surface area contributed by atoms with E-state index in [1.165, 1.54) is 24.0 Å². The Labute approximate surface area is 96.1 Å². The first-order valence-electron chi connectivity index (χ1n) is 6.24. The Balaban J connectivity index is 1.81. The molecule has 1 nitrogen and oxygen atoms in total. The largest absolute Gasteiger partial charge is 0.365 e. The third kappa shape index (κ3) is 0.997. The lowest BCUT2D eigenvalue weighted by Crippen LogP contribution is -2.24. The van der Waals surface area contributed by atoms with E-state index in [-0.39, 0.29) is 0 Å². The second-order valence-corrected chi connectivity index (χ2v) is 5.42. The predicted octanol–water partition coefficient (Wildman–Crippen LogP) is 3.79. The molecule has 0 N–H and O–H groups in total. The molecule has 2 bridgehead atoms. The minimum Gasteiger partial charge on any atom is -0.365 e. The molecule has 1 heteroatoms. The minimum absolute atomic E-state index is 0.384. The van der Waals surface area contributed by atoms with E-state index in [0.717, 1.165) is 11.8 Å². The van der Waals surface area contributed by atoms with E-state index >= 15 is 0 Å². The highest BCUT2D eigenvalue weighted by molar-refractivity contribution is 5.39. The van der Waals surface area contributed by atoms with Crippen molar-refractivity contribution in [3.05, 3.63) is 47.0 Å². The molecule has 1 aromatic carbocycles. The van der Waals surface area contributed by atoms with E-state index in [9.17, 15) is 0 Å². The molecule has 16 heavy (non-hydrogen) atoms. The third-order valence-corrected chi connectivity index (χ3v) is 4.53. The van der Waals surface area contributed by atoms with Crippen LogP contribution in [0.5, 0.6) is 0 Å². The van der Waals surface area contributed by atoms with Crippen LogP contribution in [-0.2, 0) is 4.74 Å². The second-order valence-electron chi connectivity index (χ2n) is 5.42. The summed E-state index contributed by atoms with van der Waals surface area (Å²) >= 11 is 0. The molecule has 0 amide bonds. The zero-order valence-electron chi connectivity index (χ0n) is 9.52. The number of benzene rings is 1. The van der Waals surface area contributed by atoms with Crippen molar-refractivity contribution < 1.29 is 4.74 Å². The van der Waals surface area contributed by atoms with Gasteiger partial charge in [-0.15, -0.1) is 0 Å². The molecule has 2 aliphatic heterocycles. The molecule has 0 radical (unpaired) electrons. The predicted molar refractivity (Wildman–Crippen MR) is 63.0 cm³/mol. The van der Waals surface area contributed by atoms with Gasteiger partial charge in [-0.1, -0.05) is 35.9 Å². The molecule has 1 aliphatic carbocycles. The smallest absolute Gasteiger partial charge is 0.0872 e. The molecule has 0 aromatic heterocycles. The summed E-state index contributed by atoms with van der Waals surface area (Å²) in [5, 5.41) is 0. The van der Waals surface area contributed by atoms with Crippen molar-refractivity contribution in [2.75, 3.05) is 0 Å². The maximum Gasteiger partial charge on any atom is 0.0872 e. The number of hydrogen-bond acceptors (Lipinski definition) is 1. The van der Waals surface area contributed by atoms with Crippen LogP contribution < -0.4 is 0 Å². The quantitative estimate of drug-likeness (QED) is 0.594. The second kappa shape index (κ2) is 2.98. The van der Waals surface area contributed by atoms with Gasteiger partial charge < -0.3 is 4.74 Å². The number of ether oxygens (including phenoxy) is 1. The molecule has 4 atom stereocenters. The van der Waals surface area contributed by atoms with Crippen LogP contribution in [0.3, 0.4) is 0 Å². The lowest BCUT2D eigenvalue weighted by Gasteiger charge is -2.32. The van der Waals surface area contributed by atoms with Crippen LogP contribution in [0.2, 0.25) is 0 Å². The van der Waals surface area contributed by atoms with Crippen molar-refractivity contribution in [1.29, 1.82) is 0 Å².